The van der Waals surface area contributed by atoms with Crippen molar-refractivity contribution >= 4 is 12.0 Å². The predicted molar refractivity (Wildman–Crippen MR) is 57.3 cm³/mol. The van der Waals surface area contributed by atoms with Gasteiger partial charge in [-0.2, -0.15) is 0 Å². The van der Waals surface area contributed by atoms with Gasteiger partial charge in [0.2, 0.25) is 0 Å². The molecule has 1 rings (SSSR count). The molecular formula is C10H18N2O4. The molecule has 0 saturated carbocycles. The van der Waals surface area contributed by atoms with Crippen LogP contribution in [0, 0.1) is 0 Å². The van der Waals surface area contributed by atoms with Crippen molar-refractivity contribution in [2.75, 3.05) is 33.3 Å². The average Bonchev–Trinajstić information content (AvgIpc) is 2.73. The lowest BCUT2D eigenvalue weighted by atomic mass is 10.3. The number of carbonyl (C=O) groups is 2. The number of carboxylic acid groups (broad SMARTS) is 1. The van der Waals surface area contributed by atoms with E-state index in [0.29, 0.717) is 19.6 Å². The van der Waals surface area contributed by atoms with Gasteiger partial charge in [-0.15, -0.1) is 0 Å². The average molecular weight is 230 g/mol. The molecular weight excluding hydrogens is 212 g/mol. The molecule has 1 fully saturated rings. The minimum absolute atomic E-state index is 0.0764. The van der Waals surface area contributed by atoms with Crippen LogP contribution >= 0.6 is 0 Å². The molecule has 0 spiro atoms. The second kappa shape index (κ2) is 5.69. The zero-order valence-corrected chi connectivity index (χ0v) is 9.68. The van der Waals surface area contributed by atoms with Gasteiger partial charge in [0.25, 0.3) is 0 Å². The Morgan fingerprint density at radius 1 is 1.56 bits per heavy atom. The number of hydrogen-bond donors (Lipinski definition) is 1. The highest BCUT2D eigenvalue weighted by Gasteiger charge is 2.29. The van der Waals surface area contributed by atoms with Crippen molar-refractivity contribution in [3.8, 4) is 0 Å². The van der Waals surface area contributed by atoms with Gasteiger partial charge in [-0.1, -0.05) is 0 Å². The topological polar surface area (TPSA) is 70.1 Å². The second-order valence-corrected chi connectivity index (χ2v) is 3.78. The maximum Gasteiger partial charge on any atom is 0.323 e. The van der Waals surface area contributed by atoms with Gasteiger partial charge in [0, 0.05) is 26.7 Å². The van der Waals surface area contributed by atoms with E-state index in [1.165, 1.54) is 4.90 Å². The van der Waals surface area contributed by atoms with E-state index in [4.69, 9.17) is 9.84 Å². The van der Waals surface area contributed by atoms with Crippen LogP contribution in [-0.2, 0) is 9.53 Å². The molecule has 1 saturated heterocycles. The first-order valence-corrected chi connectivity index (χ1v) is 5.37. The van der Waals surface area contributed by atoms with Gasteiger partial charge in [-0.25, -0.2) is 4.79 Å². The first-order valence-electron chi connectivity index (χ1n) is 5.37. The minimum Gasteiger partial charge on any atom is -0.480 e. The number of hydrogen-bond acceptors (Lipinski definition) is 3. The summed E-state index contributed by atoms with van der Waals surface area (Å²) in [6.45, 7) is 3.10. The number of amides is 2. The molecule has 1 atom stereocenters. The zero-order chi connectivity index (χ0) is 12.1. The Kier molecular flexibility index (Phi) is 4.54. The number of rotatable bonds is 4. The van der Waals surface area contributed by atoms with E-state index in [1.807, 2.05) is 0 Å². The molecule has 6 nitrogen and oxygen atoms in total. The van der Waals surface area contributed by atoms with Gasteiger partial charge < -0.3 is 19.6 Å². The molecule has 1 unspecified atom stereocenters. The smallest absolute Gasteiger partial charge is 0.323 e. The summed E-state index contributed by atoms with van der Waals surface area (Å²) in [7, 11) is 1.62. The molecule has 0 aliphatic carbocycles. The van der Waals surface area contributed by atoms with Crippen LogP contribution in [0.25, 0.3) is 0 Å². The molecule has 16 heavy (non-hydrogen) atoms. The monoisotopic (exact) mass is 230 g/mol. The van der Waals surface area contributed by atoms with Gasteiger partial charge >= 0.3 is 12.0 Å². The van der Waals surface area contributed by atoms with Gasteiger partial charge in [-0.05, 0) is 13.3 Å². The third-order valence-corrected chi connectivity index (χ3v) is 2.73. The number of methoxy groups -OCH3 is 1. The fraction of sp³-hybridized carbons (Fsp3) is 0.800. The van der Waals surface area contributed by atoms with E-state index in [-0.39, 0.29) is 18.7 Å². The van der Waals surface area contributed by atoms with E-state index >= 15 is 0 Å². The lowest BCUT2D eigenvalue weighted by molar-refractivity contribution is -0.137. The Bertz CT molecular complexity index is 270. The van der Waals surface area contributed by atoms with Crippen LogP contribution in [0.3, 0.4) is 0 Å². The number of aliphatic carboxylic acids is 1. The Morgan fingerprint density at radius 3 is 2.69 bits per heavy atom. The first-order chi connectivity index (χ1) is 7.58. The maximum absolute atomic E-state index is 11.9. The number of carbonyl (C=O) groups excluding carboxylic acids is 1. The van der Waals surface area contributed by atoms with Crippen LogP contribution in [0.1, 0.15) is 13.3 Å². The predicted octanol–water partition coefficient (Wildman–Crippen LogP) is 0.234. The fourth-order valence-electron chi connectivity index (χ4n) is 1.77. The lowest BCUT2D eigenvalue weighted by Gasteiger charge is -2.25. The zero-order valence-electron chi connectivity index (χ0n) is 9.68. The molecule has 1 aliphatic heterocycles. The standard InChI is InChI=1S/C10H18N2O4/c1-3-11(7-9(13)14)10(15)12-5-4-8(6-12)16-2/h8H,3-7H2,1-2H3,(H,13,14). The normalized spacial score (nSPS) is 19.9. The summed E-state index contributed by atoms with van der Waals surface area (Å²) in [6.07, 6.45) is 0.889. The van der Waals surface area contributed by atoms with Crippen LogP contribution in [0.15, 0.2) is 0 Å². The molecule has 0 aromatic heterocycles. The molecule has 92 valence electrons. The molecule has 6 heteroatoms. The van der Waals surface area contributed by atoms with E-state index in [0.717, 1.165) is 6.42 Å². The molecule has 1 aliphatic rings. The minimum atomic E-state index is -0.988. The Balaban J connectivity index is 2.52. The molecule has 0 bridgehead atoms. The van der Waals surface area contributed by atoms with Gasteiger partial charge in [-0.3, -0.25) is 4.79 Å². The van der Waals surface area contributed by atoms with Crippen molar-refractivity contribution in [1.29, 1.82) is 0 Å². The third-order valence-electron chi connectivity index (χ3n) is 2.73. The number of ether oxygens (including phenoxy) is 1. The number of carboxylic acids is 1. The summed E-state index contributed by atoms with van der Waals surface area (Å²) >= 11 is 0. The molecule has 2 amide bonds. The second-order valence-electron chi connectivity index (χ2n) is 3.78. The summed E-state index contributed by atoms with van der Waals surface area (Å²) in [5, 5.41) is 8.67. The van der Waals surface area contributed by atoms with E-state index in [9.17, 15) is 9.59 Å². The first kappa shape index (κ1) is 12.8. The van der Waals surface area contributed by atoms with Gasteiger partial charge in [0.1, 0.15) is 6.54 Å². The van der Waals surface area contributed by atoms with Gasteiger partial charge in [0.15, 0.2) is 0 Å². The third kappa shape index (κ3) is 3.10. The van der Waals surface area contributed by atoms with E-state index in [2.05, 4.69) is 0 Å². The Labute approximate surface area is 94.8 Å². The van der Waals surface area contributed by atoms with E-state index < -0.39 is 5.97 Å². The largest absolute Gasteiger partial charge is 0.480 e. The molecule has 1 N–H and O–H groups in total. The quantitative estimate of drug-likeness (QED) is 0.750. The molecule has 1 heterocycles. The van der Waals surface area contributed by atoms with Crippen LogP contribution in [0.5, 0.6) is 0 Å². The summed E-state index contributed by atoms with van der Waals surface area (Å²) < 4.78 is 5.16. The summed E-state index contributed by atoms with van der Waals surface area (Å²) in [4.78, 5) is 25.4. The molecule has 0 aromatic rings. The summed E-state index contributed by atoms with van der Waals surface area (Å²) in [5.74, 6) is -0.988. The number of nitrogens with zero attached hydrogens (tertiary/aromatic N) is 2. The van der Waals surface area contributed by atoms with Crippen molar-refractivity contribution in [2.24, 2.45) is 0 Å². The maximum atomic E-state index is 11.9. The highest BCUT2D eigenvalue weighted by molar-refractivity contribution is 5.80. The summed E-state index contributed by atoms with van der Waals surface area (Å²) in [6, 6.07) is -0.218. The van der Waals surface area contributed by atoms with Crippen molar-refractivity contribution in [3.63, 3.8) is 0 Å². The van der Waals surface area contributed by atoms with Crippen molar-refractivity contribution in [3.05, 3.63) is 0 Å². The Hall–Kier alpha value is -1.30. The van der Waals surface area contributed by atoms with E-state index in [1.54, 1.807) is 18.9 Å². The van der Waals surface area contributed by atoms with Gasteiger partial charge in [0.05, 0.1) is 6.10 Å². The molecule has 0 aromatic carbocycles. The highest BCUT2D eigenvalue weighted by Crippen LogP contribution is 2.13. The van der Waals surface area contributed by atoms with Crippen molar-refractivity contribution < 1.29 is 19.4 Å². The fourth-order valence-corrected chi connectivity index (χ4v) is 1.77. The van der Waals surface area contributed by atoms with Crippen LogP contribution in [-0.4, -0.2) is 66.3 Å². The highest BCUT2D eigenvalue weighted by atomic mass is 16.5. The SMILES string of the molecule is CCN(CC(=O)O)C(=O)N1CCC(OC)C1. The van der Waals surface area contributed by atoms with Crippen molar-refractivity contribution in [1.82, 2.24) is 9.80 Å². The number of likely N-dealkylation sites (N-methyl/N-ethyl adjacent to an activating group) is 1. The lowest BCUT2D eigenvalue weighted by Crippen LogP contribution is -2.44. The number of likely N-dealkylation sites (tertiary alicyclic amines) is 1. The summed E-state index contributed by atoms with van der Waals surface area (Å²) in [5.41, 5.74) is 0. The Morgan fingerprint density at radius 2 is 2.25 bits per heavy atom. The molecule has 0 radical (unpaired) electrons. The number of urea groups is 1. The van der Waals surface area contributed by atoms with Crippen molar-refractivity contribution in [2.45, 2.75) is 19.4 Å². The van der Waals surface area contributed by atoms with Crippen LogP contribution in [0.4, 0.5) is 4.79 Å². The van der Waals surface area contributed by atoms with Crippen LogP contribution < -0.4 is 0 Å². The van der Waals surface area contributed by atoms with Crippen LogP contribution in [0.2, 0.25) is 0 Å².